The zero-order valence-corrected chi connectivity index (χ0v) is 46.1. The number of fused-ring (bicyclic) bond motifs is 12. The third-order valence-electron chi connectivity index (χ3n) is 18.2. The zero-order valence-electron chi connectivity index (χ0n) is 45.3. The maximum atomic E-state index is 6.23. The van der Waals surface area contributed by atoms with Crippen molar-refractivity contribution in [3.05, 3.63) is 279 Å². The van der Waals surface area contributed by atoms with E-state index >= 15 is 0 Å². The lowest BCUT2D eigenvalue weighted by Crippen LogP contribution is -1.95. The molecule has 0 N–H and O–H groups in total. The molecule has 3 nitrogen and oxygen atoms in total. The van der Waals surface area contributed by atoms with Crippen LogP contribution in [0.15, 0.2) is 283 Å². The number of furan rings is 1. The van der Waals surface area contributed by atoms with Gasteiger partial charge < -0.3 is 13.6 Å². The molecule has 84 heavy (non-hydrogen) atoms. The Morgan fingerprint density at radius 3 is 1.23 bits per heavy atom. The first-order valence-electron chi connectivity index (χ1n) is 28.9. The highest BCUT2D eigenvalue weighted by atomic mass is 32.1. The van der Waals surface area contributed by atoms with Gasteiger partial charge in [0, 0.05) is 63.9 Å². The molecule has 2 aliphatic carbocycles. The van der Waals surface area contributed by atoms with Gasteiger partial charge in [0.15, 0.2) is 0 Å². The first-order valence-corrected chi connectivity index (χ1v) is 29.7. The number of para-hydroxylation sites is 1. The van der Waals surface area contributed by atoms with Crippen molar-refractivity contribution in [1.29, 1.82) is 0 Å². The first kappa shape index (κ1) is 45.9. The average molecular weight is 1080 g/mol. The van der Waals surface area contributed by atoms with Crippen LogP contribution in [0.4, 0.5) is 0 Å². The molecule has 0 radical (unpaired) electrons. The Morgan fingerprint density at radius 1 is 0.238 bits per heavy atom. The minimum Gasteiger partial charge on any atom is -0.456 e. The fourth-order valence-electron chi connectivity index (χ4n) is 14.9. The number of thiophene rings is 1. The summed E-state index contributed by atoms with van der Waals surface area (Å²) in [5, 5.41) is 15.6. The molecule has 18 aromatic rings. The summed E-state index contributed by atoms with van der Waals surface area (Å²) in [6.45, 7) is 0. The summed E-state index contributed by atoms with van der Waals surface area (Å²) in [6, 6.07) is 102. The zero-order chi connectivity index (χ0) is 54.7. The molecule has 0 unspecified atom stereocenters. The van der Waals surface area contributed by atoms with Gasteiger partial charge in [-0.3, -0.25) is 0 Å². The van der Waals surface area contributed by atoms with Gasteiger partial charge in [-0.2, -0.15) is 0 Å². The van der Waals surface area contributed by atoms with E-state index < -0.39 is 0 Å². The van der Waals surface area contributed by atoms with Crippen LogP contribution >= 0.6 is 11.3 Å². The summed E-state index contributed by atoms with van der Waals surface area (Å²) >= 11 is 1.88. The standard InChI is InChI=1S/C40H23NO.C40H23NS/c2*1-2-13-29-28(12-1)30-16-6-9-24-21-22-34-40(37(24)30)39-31(29)17-7-18-33(39)41(34)26-11-5-10-25(23-26)27-15-8-20-36-38(27)32-14-3-4-19-35(32)42-36/h2*1-23H. The van der Waals surface area contributed by atoms with Crippen molar-refractivity contribution in [2.45, 2.75) is 0 Å². The van der Waals surface area contributed by atoms with Crippen LogP contribution in [0.3, 0.4) is 0 Å². The molecule has 14 aromatic carbocycles. The highest BCUT2D eigenvalue weighted by Gasteiger charge is 2.27. The molecular formula is C80H46N2OS. The number of rotatable bonds is 4. The van der Waals surface area contributed by atoms with Crippen molar-refractivity contribution in [1.82, 2.24) is 9.13 Å². The lowest BCUT2D eigenvalue weighted by Gasteiger charge is -2.14. The van der Waals surface area contributed by atoms with Crippen molar-refractivity contribution in [3.8, 4) is 78.1 Å². The molecule has 0 saturated carbocycles. The monoisotopic (exact) mass is 1080 g/mol. The summed E-state index contributed by atoms with van der Waals surface area (Å²) in [5.41, 5.74) is 24.4. The van der Waals surface area contributed by atoms with Crippen molar-refractivity contribution in [2.75, 3.05) is 0 Å². The fraction of sp³-hybridized carbons (Fsp3) is 0. The quantitative estimate of drug-likeness (QED) is 0.172. The third-order valence-corrected chi connectivity index (χ3v) is 19.4. The minimum atomic E-state index is 0.917. The van der Waals surface area contributed by atoms with Gasteiger partial charge in [0.25, 0.3) is 0 Å². The second-order valence-corrected chi connectivity index (χ2v) is 23.6. The van der Waals surface area contributed by atoms with E-state index in [1.54, 1.807) is 0 Å². The summed E-state index contributed by atoms with van der Waals surface area (Å²) in [7, 11) is 0. The lowest BCUT2D eigenvalue weighted by molar-refractivity contribution is 0.669. The molecule has 4 aromatic heterocycles. The van der Waals surface area contributed by atoms with Gasteiger partial charge in [-0.15, -0.1) is 11.3 Å². The van der Waals surface area contributed by atoms with E-state index in [1.807, 2.05) is 23.5 Å². The van der Waals surface area contributed by atoms with Crippen LogP contribution < -0.4 is 0 Å². The molecule has 0 aliphatic heterocycles. The Hall–Kier alpha value is -10.8. The first-order chi connectivity index (χ1) is 41.7. The number of hydrogen-bond acceptors (Lipinski definition) is 2. The molecule has 0 fully saturated rings. The fourth-order valence-corrected chi connectivity index (χ4v) is 16.0. The summed E-state index contributed by atoms with van der Waals surface area (Å²) < 4.78 is 13.8. The normalized spacial score (nSPS) is 12.3. The Balaban J connectivity index is 0.000000124. The van der Waals surface area contributed by atoms with Crippen LogP contribution in [0.1, 0.15) is 0 Å². The van der Waals surface area contributed by atoms with Crippen molar-refractivity contribution in [2.24, 2.45) is 0 Å². The second-order valence-electron chi connectivity index (χ2n) is 22.5. The van der Waals surface area contributed by atoms with Gasteiger partial charge in [-0.1, -0.05) is 206 Å². The summed E-state index contributed by atoms with van der Waals surface area (Å²) in [4.78, 5) is 0. The van der Waals surface area contributed by atoms with E-state index in [4.69, 9.17) is 4.42 Å². The van der Waals surface area contributed by atoms with Gasteiger partial charge >= 0.3 is 0 Å². The minimum absolute atomic E-state index is 0.917. The van der Waals surface area contributed by atoms with Gasteiger partial charge in [0.1, 0.15) is 11.2 Å². The Bertz CT molecular complexity index is 5520. The second kappa shape index (κ2) is 17.4. The maximum Gasteiger partial charge on any atom is 0.136 e. The van der Waals surface area contributed by atoms with E-state index in [1.165, 1.54) is 158 Å². The highest BCUT2D eigenvalue weighted by molar-refractivity contribution is 7.26. The molecule has 388 valence electrons. The Morgan fingerprint density at radius 2 is 0.643 bits per heavy atom. The molecule has 0 saturated heterocycles. The number of benzene rings is 14. The predicted octanol–water partition coefficient (Wildman–Crippen LogP) is 22.8. The van der Waals surface area contributed by atoms with Gasteiger partial charge in [0.05, 0.1) is 22.1 Å². The molecule has 4 heterocycles. The van der Waals surface area contributed by atoms with Crippen molar-refractivity contribution in [3.63, 3.8) is 0 Å². The van der Waals surface area contributed by atoms with Crippen LogP contribution in [-0.2, 0) is 0 Å². The molecule has 0 atom stereocenters. The van der Waals surface area contributed by atoms with E-state index in [0.29, 0.717) is 0 Å². The van der Waals surface area contributed by atoms with Crippen molar-refractivity contribution < 1.29 is 4.42 Å². The number of hydrogen-bond donors (Lipinski definition) is 0. The van der Waals surface area contributed by atoms with Crippen LogP contribution in [0.5, 0.6) is 0 Å². The number of nitrogens with zero attached hydrogens (tertiary/aromatic N) is 2. The van der Waals surface area contributed by atoms with Crippen LogP contribution in [-0.4, -0.2) is 9.13 Å². The molecular weight excluding hydrogens is 1040 g/mol. The van der Waals surface area contributed by atoms with Gasteiger partial charge in [-0.05, 0) is 161 Å². The smallest absolute Gasteiger partial charge is 0.136 e. The SMILES string of the molecule is c1cc(-c2cccc3oc4ccccc4c23)cc(-n2c3cccc4c3c3c5c(cccc5ccc32)-c2ccccc2-4)c1.c1cc(-c2cccc3sc4ccccc4c23)cc(-n2c3cccc4c3c3c5c(cccc5ccc32)-c2ccccc2-4)c1. The summed E-state index contributed by atoms with van der Waals surface area (Å²) in [6.07, 6.45) is 0. The average Bonchev–Trinajstić information content (AvgIpc) is 3.08. The predicted molar refractivity (Wildman–Crippen MR) is 356 cm³/mol. The summed E-state index contributed by atoms with van der Waals surface area (Å²) in [5.74, 6) is 0. The van der Waals surface area contributed by atoms with E-state index in [-0.39, 0.29) is 0 Å². The lowest BCUT2D eigenvalue weighted by atomic mass is 9.93. The van der Waals surface area contributed by atoms with Gasteiger partial charge in [-0.25, -0.2) is 0 Å². The van der Waals surface area contributed by atoms with Gasteiger partial charge in [0.2, 0.25) is 0 Å². The van der Waals surface area contributed by atoms with Crippen LogP contribution in [0.2, 0.25) is 0 Å². The Labute approximate surface area is 486 Å². The van der Waals surface area contributed by atoms with Crippen molar-refractivity contribution >= 4 is 119 Å². The van der Waals surface area contributed by atoms with E-state index in [2.05, 4.69) is 276 Å². The molecule has 20 rings (SSSR count). The third kappa shape index (κ3) is 6.35. The van der Waals surface area contributed by atoms with E-state index in [0.717, 1.165) is 27.6 Å². The molecule has 0 amide bonds. The largest absolute Gasteiger partial charge is 0.456 e. The molecule has 4 heteroatoms. The molecule has 0 spiro atoms. The maximum absolute atomic E-state index is 6.23. The van der Waals surface area contributed by atoms with Crippen LogP contribution in [0, 0.1) is 0 Å². The van der Waals surface area contributed by atoms with Crippen LogP contribution in [0.25, 0.3) is 185 Å². The van der Waals surface area contributed by atoms with E-state index in [9.17, 15) is 0 Å². The highest BCUT2D eigenvalue weighted by Crippen LogP contribution is 2.52. The topological polar surface area (TPSA) is 23.0 Å². The Kier molecular flexibility index (Phi) is 9.49. The molecule has 2 aliphatic rings. The number of aromatic nitrogens is 2. The molecule has 0 bridgehead atoms.